The van der Waals surface area contributed by atoms with Gasteiger partial charge in [-0.15, -0.1) is 0 Å². The van der Waals surface area contributed by atoms with Crippen LogP contribution in [0.5, 0.6) is 5.75 Å². The largest absolute Gasteiger partial charge is 0.497 e. The first-order valence-corrected chi connectivity index (χ1v) is 8.80. The number of sulfonamides is 1. The van der Waals surface area contributed by atoms with Gasteiger partial charge < -0.3 is 14.7 Å². The molecule has 7 nitrogen and oxygen atoms in total. The molecule has 0 unspecified atom stereocenters. The van der Waals surface area contributed by atoms with E-state index in [-0.39, 0.29) is 23.9 Å². The lowest BCUT2D eigenvalue weighted by atomic mass is 9.81. The Balaban J connectivity index is 1.93. The topological polar surface area (TPSA) is 87.2 Å². The third kappa shape index (κ3) is 2.50. The van der Waals surface area contributed by atoms with Crippen molar-refractivity contribution < 1.29 is 23.1 Å². The minimum absolute atomic E-state index is 0.0108. The third-order valence-electron chi connectivity index (χ3n) is 4.85. The Bertz CT molecular complexity index is 735. The molecular weight excluding hydrogens is 320 g/mol. The summed E-state index contributed by atoms with van der Waals surface area (Å²) in [5.74, 6) is -0.654. The number of likely N-dealkylation sites (tertiary alicyclic amines) is 1. The number of carboxylic acids is 1. The Hall–Kier alpha value is -1.64. The van der Waals surface area contributed by atoms with E-state index in [4.69, 9.17) is 4.74 Å². The molecule has 1 aromatic rings. The van der Waals surface area contributed by atoms with Crippen molar-refractivity contribution in [3.8, 4) is 5.75 Å². The summed E-state index contributed by atoms with van der Waals surface area (Å²) in [5.41, 5.74) is -1.01. The highest BCUT2D eigenvalue weighted by molar-refractivity contribution is 7.89. The second kappa shape index (κ2) is 5.47. The summed E-state index contributed by atoms with van der Waals surface area (Å²) in [6.07, 6.45) is 0. The van der Waals surface area contributed by atoms with Gasteiger partial charge in [0.25, 0.3) is 0 Å². The van der Waals surface area contributed by atoms with Gasteiger partial charge in [0.05, 0.1) is 17.4 Å². The molecule has 0 aromatic heterocycles. The maximum Gasteiger partial charge on any atom is 0.312 e. The third-order valence-corrected chi connectivity index (χ3v) is 6.66. The molecule has 0 spiro atoms. The molecule has 0 aliphatic carbocycles. The second-order valence-electron chi connectivity index (χ2n) is 6.33. The highest BCUT2D eigenvalue weighted by Crippen LogP contribution is 2.44. The number of ether oxygens (including phenoxy) is 1. The van der Waals surface area contributed by atoms with Crippen LogP contribution in [0.15, 0.2) is 29.2 Å². The first-order chi connectivity index (χ1) is 10.8. The smallest absolute Gasteiger partial charge is 0.312 e. The van der Waals surface area contributed by atoms with Crippen LogP contribution in [0.25, 0.3) is 0 Å². The molecule has 2 heterocycles. The van der Waals surface area contributed by atoms with E-state index in [2.05, 4.69) is 0 Å². The van der Waals surface area contributed by atoms with E-state index >= 15 is 0 Å². The van der Waals surface area contributed by atoms with Crippen LogP contribution in [0.3, 0.4) is 0 Å². The summed E-state index contributed by atoms with van der Waals surface area (Å²) in [4.78, 5) is 13.9. The number of hydrogen-bond acceptors (Lipinski definition) is 5. The maximum absolute atomic E-state index is 12.8. The van der Waals surface area contributed by atoms with Gasteiger partial charge in [0.1, 0.15) is 5.75 Å². The van der Waals surface area contributed by atoms with E-state index in [0.29, 0.717) is 18.8 Å². The summed E-state index contributed by atoms with van der Waals surface area (Å²) in [7, 11) is -0.393. The van der Waals surface area contributed by atoms with Crippen molar-refractivity contribution in [3.63, 3.8) is 0 Å². The number of nitrogens with zero attached hydrogens (tertiary/aromatic N) is 2. The van der Waals surface area contributed by atoms with Crippen LogP contribution in [0.2, 0.25) is 0 Å². The molecule has 2 aliphatic heterocycles. The van der Waals surface area contributed by atoms with Crippen LogP contribution in [-0.2, 0) is 14.8 Å². The summed E-state index contributed by atoms with van der Waals surface area (Å²) < 4.78 is 32.1. The Morgan fingerprint density at radius 2 is 2.09 bits per heavy atom. The maximum atomic E-state index is 12.8. The number of hydrogen-bond donors (Lipinski definition) is 1. The monoisotopic (exact) mass is 340 g/mol. The molecule has 1 aromatic carbocycles. The standard InChI is InChI=1S/C15H20N2O5S/c1-16-7-11-8-17(10-15(11,9-16)14(18)19)23(20,21)13-5-3-4-12(6-13)22-2/h3-6,11H,7-10H2,1-2H3,(H,18,19)/t11-,15-/m1/s1. The van der Waals surface area contributed by atoms with Crippen LogP contribution in [-0.4, -0.2) is 69.0 Å². The molecule has 0 saturated carbocycles. The molecule has 2 atom stereocenters. The summed E-state index contributed by atoms with van der Waals surface area (Å²) in [6, 6.07) is 6.25. The number of methoxy groups -OCH3 is 1. The van der Waals surface area contributed by atoms with Gasteiger partial charge in [-0.2, -0.15) is 4.31 Å². The Morgan fingerprint density at radius 3 is 2.70 bits per heavy atom. The molecule has 126 valence electrons. The van der Waals surface area contributed by atoms with E-state index in [1.165, 1.54) is 23.5 Å². The van der Waals surface area contributed by atoms with E-state index in [1.807, 2.05) is 11.9 Å². The van der Waals surface area contributed by atoms with Gasteiger partial charge in [-0.1, -0.05) is 6.07 Å². The molecule has 23 heavy (non-hydrogen) atoms. The number of fused-ring (bicyclic) bond motifs is 1. The van der Waals surface area contributed by atoms with E-state index in [0.717, 1.165) is 0 Å². The predicted octanol–water partition coefficient (Wildman–Crippen LogP) is 0.332. The highest BCUT2D eigenvalue weighted by Gasteiger charge is 2.59. The Labute approximate surface area is 135 Å². The molecule has 3 rings (SSSR count). The van der Waals surface area contributed by atoms with Gasteiger partial charge in [-0.05, 0) is 19.2 Å². The summed E-state index contributed by atoms with van der Waals surface area (Å²) >= 11 is 0. The van der Waals surface area contributed by atoms with Crippen LogP contribution < -0.4 is 4.74 Å². The number of rotatable bonds is 4. The van der Waals surface area contributed by atoms with Gasteiger partial charge in [0.15, 0.2) is 0 Å². The van der Waals surface area contributed by atoms with Crippen molar-refractivity contribution in [2.45, 2.75) is 4.90 Å². The minimum atomic E-state index is -3.73. The zero-order valence-corrected chi connectivity index (χ0v) is 13.9. The number of aliphatic carboxylic acids is 1. The van der Waals surface area contributed by atoms with Crippen molar-refractivity contribution in [2.75, 3.05) is 40.3 Å². The Morgan fingerprint density at radius 1 is 1.35 bits per heavy atom. The number of carbonyl (C=O) groups is 1. The average Bonchev–Trinajstić information content (AvgIpc) is 3.01. The lowest BCUT2D eigenvalue weighted by Crippen LogP contribution is -2.41. The fourth-order valence-corrected chi connectivity index (χ4v) is 5.26. The van der Waals surface area contributed by atoms with Crippen LogP contribution >= 0.6 is 0 Å². The fourth-order valence-electron chi connectivity index (χ4n) is 3.67. The first-order valence-electron chi connectivity index (χ1n) is 7.36. The second-order valence-corrected chi connectivity index (χ2v) is 8.27. The number of carboxylic acid groups (broad SMARTS) is 1. The number of benzene rings is 1. The predicted molar refractivity (Wildman–Crippen MR) is 82.8 cm³/mol. The van der Waals surface area contributed by atoms with Crippen LogP contribution in [0, 0.1) is 11.3 Å². The van der Waals surface area contributed by atoms with E-state index in [1.54, 1.807) is 12.1 Å². The van der Waals surface area contributed by atoms with Gasteiger partial charge in [0.2, 0.25) is 10.0 Å². The molecule has 2 saturated heterocycles. The quantitative estimate of drug-likeness (QED) is 0.850. The van der Waals surface area contributed by atoms with Crippen molar-refractivity contribution in [2.24, 2.45) is 11.3 Å². The molecule has 2 fully saturated rings. The first kappa shape index (κ1) is 16.2. The summed E-state index contributed by atoms with van der Waals surface area (Å²) in [6.45, 7) is 1.21. The molecule has 1 N–H and O–H groups in total. The molecular formula is C15H20N2O5S. The fraction of sp³-hybridized carbons (Fsp3) is 0.533. The summed E-state index contributed by atoms with van der Waals surface area (Å²) in [5, 5.41) is 9.66. The van der Waals surface area contributed by atoms with Crippen LogP contribution in [0.4, 0.5) is 0 Å². The van der Waals surface area contributed by atoms with Gasteiger partial charge in [0, 0.05) is 38.2 Å². The highest BCUT2D eigenvalue weighted by atomic mass is 32.2. The van der Waals surface area contributed by atoms with Crippen LogP contribution in [0.1, 0.15) is 0 Å². The molecule has 0 bridgehead atoms. The zero-order chi connectivity index (χ0) is 16.8. The molecule has 0 amide bonds. The molecule has 2 aliphatic rings. The van der Waals surface area contributed by atoms with E-state index in [9.17, 15) is 18.3 Å². The van der Waals surface area contributed by atoms with Crippen molar-refractivity contribution in [3.05, 3.63) is 24.3 Å². The van der Waals surface area contributed by atoms with Crippen molar-refractivity contribution in [1.29, 1.82) is 0 Å². The van der Waals surface area contributed by atoms with E-state index < -0.39 is 21.4 Å². The molecule has 0 radical (unpaired) electrons. The minimum Gasteiger partial charge on any atom is -0.497 e. The van der Waals surface area contributed by atoms with Crippen molar-refractivity contribution >= 4 is 16.0 Å². The van der Waals surface area contributed by atoms with Gasteiger partial charge >= 0.3 is 5.97 Å². The Kier molecular flexibility index (Phi) is 3.86. The zero-order valence-electron chi connectivity index (χ0n) is 13.1. The SMILES string of the molecule is COc1cccc(S(=O)(=O)N2C[C@H]3CN(C)C[C@@]3(C(=O)O)C2)c1. The van der Waals surface area contributed by atoms with Gasteiger partial charge in [-0.3, -0.25) is 4.79 Å². The molecule has 8 heteroatoms. The lowest BCUT2D eigenvalue weighted by Gasteiger charge is -2.24. The normalized spacial score (nSPS) is 28.7. The average molecular weight is 340 g/mol. The van der Waals surface area contributed by atoms with Crippen molar-refractivity contribution in [1.82, 2.24) is 9.21 Å². The van der Waals surface area contributed by atoms with Gasteiger partial charge in [-0.25, -0.2) is 8.42 Å². The lowest BCUT2D eigenvalue weighted by molar-refractivity contribution is -0.148.